The van der Waals surface area contributed by atoms with Crippen LogP contribution in [0.1, 0.15) is 120 Å². The number of aryl methyl sites for hydroxylation is 1. The molecule has 8 nitrogen and oxygen atoms in total. The zero-order valence-electron chi connectivity index (χ0n) is 36.6. The number of carbonyl (C=O) groups is 2. The minimum atomic E-state index is -0.642. The van der Waals surface area contributed by atoms with E-state index in [1.54, 1.807) is 32.4 Å². The fourth-order valence-electron chi connectivity index (χ4n) is 9.31. The second-order valence-corrected chi connectivity index (χ2v) is 16.8. The van der Waals surface area contributed by atoms with Crippen molar-refractivity contribution in [3.05, 3.63) is 184 Å². The number of benzene rings is 6. The van der Waals surface area contributed by atoms with E-state index >= 15 is 0 Å². The van der Waals surface area contributed by atoms with Crippen LogP contribution in [-0.4, -0.2) is 39.4 Å². The molecule has 2 atom stereocenters. The zero-order valence-corrected chi connectivity index (χ0v) is 36.6. The van der Waals surface area contributed by atoms with Crippen LogP contribution in [0.3, 0.4) is 0 Å². The van der Waals surface area contributed by atoms with E-state index in [4.69, 9.17) is 18.9 Å². The second kappa shape index (κ2) is 20.6. The average Bonchev–Trinajstić information content (AvgIpc) is 3.72. The van der Waals surface area contributed by atoms with Gasteiger partial charge in [0.05, 0.1) is 26.3 Å². The molecule has 1 fully saturated rings. The molecule has 2 N–H and O–H groups in total. The number of methoxy groups -OCH3 is 2. The van der Waals surface area contributed by atoms with Gasteiger partial charge in [-0.1, -0.05) is 153 Å². The van der Waals surface area contributed by atoms with Gasteiger partial charge in [-0.2, -0.15) is 0 Å². The van der Waals surface area contributed by atoms with E-state index in [0.717, 1.165) is 50.1 Å². The Morgan fingerprint density at radius 2 is 1.16 bits per heavy atom. The Morgan fingerprint density at radius 3 is 1.78 bits per heavy atom. The molecule has 0 bridgehead atoms. The maximum atomic E-state index is 13.7. The van der Waals surface area contributed by atoms with Crippen molar-refractivity contribution in [3.63, 3.8) is 0 Å². The first kappa shape index (κ1) is 43.1. The zero-order chi connectivity index (χ0) is 43.5. The summed E-state index contributed by atoms with van der Waals surface area (Å²) in [6.07, 6.45) is 9.82. The monoisotopic (exact) mass is 842 g/mol. The van der Waals surface area contributed by atoms with Gasteiger partial charge in [0, 0.05) is 17.5 Å². The molecule has 6 aromatic carbocycles. The number of ether oxygens (including phenoxy) is 4. The number of alkyl carbamates (subject to hydrolysis) is 1. The Labute approximate surface area is 372 Å². The first-order chi connectivity index (χ1) is 30.9. The predicted molar refractivity (Wildman–Crippen MR) is 249 cm³/mol. The molecule has 0 aliphatic heterocycles. The van der Waals surface area contributed by atoms with Crippen LogP contribution in [0.15, 0.2) is 140 Å². The van der Waals surface area contributed by atoms with Crippen molar-refractivity contribution < 1.29 is 28.5 Å². The summed E-state index contributed by atoms with van der Waals surface area (Å²) in [7, 11) is 3.18. The Balaban J connectivity index is 0.952. The summed E-state index contributed by atoms with van der Waals surface area (Å²) in [6, 6.07) is 45.6. The van der Waals surface area contributed by atoms with Gasteiger partial charge in [0.2, 0.25) is 0 Å². The number of fused-ring (bicyclic) bond motifs is 3. The number of hydrogen-bond donors (Lipinski definition) is 2. The highest BCUT2D eigenvalue weighted by atomic mass is 16.5. The fourth-order valence-corrected chi connectivity index (χ4v) is 9.31. The summed E-state index contributed by atoms with van der Waals surface area (Å²) in [5.41, 5.74) is 10.7. The largest absolute Gasteiger partial charge is 0.497 e. The van der Waals surface area contributed by atoms with Gasteiger partial charge in [0.25, 0.3) is 5.91 Å². The lowest BCUT2D eigenvalue weighted by Gasteiger charge is -2.23. The average molecular weight is 843 g/mol. The maximum absolute atomic E-state index is 13.7. The Morgan fingerprint density at radius 1 is 0.603 bits per heavy atom. The molecule has 2 amide bonds. The van der Waals surface area contributed by atoms with Crippen molar-refractivity contribution in [3.8, 4) is 28.4 Å². The van der Waals surface area contributed by atoms with Crippen molar-refractivity contribution in [2.75, 3.05) is 27.4 Å². The van der Waals surface area contributed by atoms with Crippen LogP contribution in [-0.2, 0) is 9.53 Å². The summed E-state index contributed by atoms with van der Waals surface area (Å²) in [4.78, 5) is 27.3. The maximum Gasteiger partial charge on any atom is 0.407 e. The van der Waals surface area contributed by atoms with Gasteiger partial charge in [-0.15, -0.1) is 0 Å². The highest BCUT2D eigenvalue weighted by Gasteiger charge is 2.30. The van der Waals surface area contributed by atoms with Crippen molar-refractivity contribution in [1.82, 2.24) is 10.6 Å². The number of carbonyl (C=O) groups excluding carboxylic acids is 2. The predicted octanol–water partition coefficient (Wildman–Crippen LogP) is 12.1. The summed E-state index contributed by atoms with van der Waals surface area (Å²) < 4.78 is 23.3. The van der Waals surface area contributed by atoms with E-state index in [1.165, 1.54) is 56.9 Å². The minimum absolute atomic E-state index is 0.0799. The second-order valence-electron chi connectivity index (χ2n) is 16.8. The molecule has 0 saturated heterocycles. The standard InChI is InChI=1S/C55H58N2O6/c1-37-20-22-40(23-21-37)53(41-26-24-39(25-27-41)38-14-8-6-4-5-7-9-15-38)56-52(58)36-62-43-30-28-42(29-31-43)54(49-33-32-44(60-2)34-51(49)61-3)57-55(59)63-35-50-47-18-12-10-16-45(47)46-17-11-13-19-48(46)50/h10-13,16-34,38,50,53-54H,4-9,14-15,35-36H2,1-3H3,(H,56,58)(H,57,59). The summed E-state index contributed by atoms with van der Waals surface area (Å²) >= 11 is 0. The van der Waals surface area contributed by atoms with E-state index in [1.807, 2.05) is 48.5 Å². The van der Waals surface area contributed by atoms with Crippen molar-refractivity contribution >= 4 is 12.0 Å². The Hall–Kier alpha value is -6.54. The molecule has 8 rings (SSSR count). The van der Waals surface area contributed by atoms with Gasteiger partial charge < -0.3 is 29.6 Å². The third-order valence-corrected chi connectivity index (χ3v) is 12.8. The van der Waals surface area contributed by atoms with Crippen LogP contribution >= 0.6 is 0 Å². The molecule has 63 heavy (non-hydrogen) atoms. The molecule has 324 valence electrons. The summed E-state index contributed by atoms with van der Waals surface area (Å²) in [5, 5.41) is 6.36. The molecule has 6 aromatic rings. The lowest BCUT2D eigenvalue weighted by molar-refractivity contribution is -0.123. The molecular formula is C55H58N2O6. The number of hydrogen-bond acceptors (Lipinski definition) is 6. The van der Waals surface area contributed by atoms with Crippen LogP contribution in [0.25, 0.3) is 11.1 Å². The molecule has 2 aliphatic carbocycles. The topological polar surface area (TPSA) is 95.1 Å². The number of rotatable bonds is 14. The Bertz CT molecular complexity index is 2410. The van der Waals surface area contributed by atoms with Crippen molar-refractivity contribution in [2.45, 2.75) is 82.2 Å². The van der Waals surface area contributed by atoms with Gasteiger partial charge in [0.1, 0.15) is 23.9 Å². The third-order valence-electron chi connectivity index (χ3n) is 12.8. The quantitative estimate of drug-likeness (QED) is 0.113. The molecule has 0 heterocycles. The van der Waals surface area contributed by atoms with Gasteiger partial charge >= 0.3 is 6.09 Å². The molecule has 2 unspecified atom stereocenters. The highest BCUT2D eigenvalue weighted by Crippen LogP contribution is 2.45. The van der Waals surface area contributed by atoms with E-state index in [-0.39, 0.29) is 31.1 Å². The minimum Gasteiger partial charge on any atom is -0.497 e. The van der Waals surface area contributed by atoms with E-state index in [9.17, 15) is 9.59 Å². The highest BCUT2D eigenvalue weighted by molar-refractivity contribution is 5.80. The van der Waals surface area contributed by atoms with Gasteiger partial charge in [0.15, 0.2) is 6.61 Å². The van der Waals surface area contributed by atoms with Crippen molar-refractivity contribution in [1.29, 1.82) is 0 Å². The summed E-state index contributed by atoms with van der Waals surface area (Å²) in [5.74, 6) is 1.96. The van der Waals surface area contributed by atoms with E-state index < -0.39 is 12.1 Å². The molecule has 1 saturated carbocycles. The molecule has 2 aliphatic rings. The van der Waals surface area contributed by atoms with E-state index in [2.05, 4.69) is 90.4 Å². The number of amides is 2. The molecule has 0 aromatic heterocycles. The van der Waals surface area contributed by atoms with Crippen LogP contribution in [0.5, 0.6) is 17.2 Å². The first-order valence-corrected chi connectivity index (χ1v) is 22.4. The Kier molecular flexibility index (Phi) is 14.1. The molecular weight excluding hydrogens is 785 g/mol. The van der Waals surface area contributed by atoms with E-state index in [0.29, 0.717) is 23.2 Å². The van der Waals surface area contributed by atoms with Crippen LogP contribution in [0.4, 0.5) is 4.79 Å². The molecule has 0 spiro atoms. The number of nitrogens with one attached hydrogen (secondary N) is 2. The lowest BCUT2D eigenvalue weighted by atomic mass is 9.88. The van der Waals surface area contributed by atoms with Crippen LogP contribution < -0.4 is 24.8 Å². The van der Waals surface area contributed by atoms with Gasteiger partial charge in [-0.25, -0.2) is 4.79 Å². The molecule has 0 radical (unpaired) electrons. The summed E-state index contributed by atoms with van der Waals surface area (Å²) in [6.45, 7) is 2.07. The molecule has 8 heteroatoms. The van der Waals surface area contributed by atoms with Crippen LogP contribution in [0.2, 0.25) is 0 Å². The smallest absolute Gasteiger partial charge is 0.407 e. The van der Waals surface area contributed by atoms with Crippen molar-refractivity contribution in [2.24, 2.45) is 0 Å². The third kappa shape index (κ3) is 10.4. The lowest BCUT2D eigenvalue weighted by Crippen LogP contribution is -2.33. The first-order valence-electron chi connectivity index (χ1n) is 22.4. The SMILES string of the molecule is COc1ccc(C(NC(=O)OCC2c3ccccc3-c3ccccc32)c2ccc(OCC(=O)NC(c3ccc(C)cc3)c3ccc(C4CCCCCCCC4)cc3)cc2)c(OC)c1. The van der Waals surface area contributed by atoms with Crippen LogP contribution in [0, 0.1) is 6.92 Å². The normalized spacial score (nSPS) is 15.0. The van der Waals surface area contributed by atoms with Gasteiger partial charge in [-0.05, 0) is 94.5 Å². The van der Waals surface area contributed by atoms with Gasteiger partial charge in [-0.3, -0.25) is 4.79 Å². The fraction of sp³-hybridized carbons (Fsp3) is 0.309.